The van der Waals surface area contributed by atoms with Gasteiger partial charge in [0.1, 0.15) is 11.8 Å². The van der Waals surface area contributed by atoms with Crippen molar-refractivity contribution in [2.24, 2.45) is 0 Å². The number of carbonyl (C=O) groups is 1. The number of nitriles is 2. The lowest BCUT2D eigenvalue weighted by molar-refractivity contribution is 0.0497. The number of rotatable bonds is 9. The van der Waals surface area contributed by atoms with Crippen molar-refractivity contribution in [2.75, 3.05) is 48.9 Å². The lowest BCUT2D eigenvalue weighted by Crippen LogP contribution is -2.54. The van der Waals surface area contributed by atoms with E-state index in [2.05, 4.69) is 27.5 Å². The van der Waals surface area contributed by atoms with Crippen LogP contribution in [0.5, 0.6) is 5.75 Å². The first kappa shape index (κ1) is 31.1. The molecule has 1 aliphatic heterocycles. The zero-order chi connectivity index (χ0) is 32.2. The van der Waals surface area contributed by atoms with E-state index >= 15 is 0 Å². The first-order valence-corrected chi connectivity index (χ1v) is 14.5. The Bertz CT molecular complexity index is 1800. The molecule has 0 bridgehead atoms. The van der Waals surface area contributed by atoms with Crippen molar-refractivity contribution in [1.29, 1.82) is 10.5 Å². The number of aromatic nitrogens is 4. The number of methoxy groups -OCH3 is 1. The Kier molecular flexibility index (Phi) is 9.08. The summed E-state index contributed by atoms with van der Waals surface area (Å²) in [5, 5.41) is 47.6. The molecule has 0 aliphatic carbocycles. The molecule has 5 rings (SSSR count). The van der Waals surface area contributed by atoms with Crippen LogP contribution in [0, 0.1) is 22.7 Å². The van der Waals surface area contributed by atoms with Crippen LogP contribution >= 0.6 is 11.6 Å². The van der Waals surface area contributed by atoms with E-state index in [-0.39, 0.29) is 23.2 Å². The molecule has 2 aromatic carbocycles. The molecule has 0 saturated carbocycles. The van der Waals surface area contributed by atoms with Gasteiger partial charge in [0.25, 0.3) is 0 Å². The number of anilines is 4. The van der Waals surface area contributed by atoms with E-state index in [4.69, 9.17) is 21.3 Å². The predicted octanol–water partition coefficient (Wildman–Crippen LogP) is 3.85. The van der Waals surface area contributed by atoms with E-state index in [9.17, 15) is 25.5 Å². The molecule has 1 fully saturated rings. The Labute approximate surface area is 264 Å². The van der Waals surface area contributed by atoms with Gasteiger partial charge in [-0.2, -0.15) is 20.0 Å². The van der Waals surface area contributed by atoms with Gasteiger partial charge in [-0.15, -0.1) is 5.10 Å². The number of imidazole rings is 1. The summed E-state index contributed by atoms with van der Waals surface area (Å²) in [4.78, 5) is 25.6. The molecule has 232 valence electrons. The summed E-state index contributed by atoms with van der Waals surface area (Å²) in [6.45, 7) is 3.55. The average Bonchev–Trinajstić information content (AvgIpc) is 3.47. The summed E-state index contributed by atoms with van der Waals surface area (Å²) in [5.74, 6) is 1.34. The van der Waals surface area contributed by atoms with Crippen molar-refractivity contribution in [3.05, 3.63) is 64.4 Å². The van der Waals surface area contributed by atoms with Crippen molar-refractivity contribution in [3.8, 4) is 17.9 Å². The minimum atomic E-state index is -1.12. The van der Waals surface area contributed by atoms with Crippen molar-refractivity contribution < 1.29 is 19.7 Å². The van der Waals surface area contributed by atoms with Crippen molar-refractivity contribution in [1.82, 2.24) is 24.5 Å². The first-order valence-electron chi connectivity index (χ1n) is 14.1. The standard InChI is InChI=1S/C30H31ClN10O4/c1-4-39(16-18-5-7-21(45-3)8-6-18)28-27-34-15-20(14-33)41(27)37-29(36-28)35-22-11-19(13-32)12-24(26(22)31)40-10-9-23(25(42)17-40)38(2)30(43)44/h5-8,11-12,15,23,25,42H,4,9-10,16-17H2,1-3H3,(H,35,37)(H,43,44)/t23-,25+/m1/s1. The highest BCUT2D eigenvalue weighted by Gasteiger charge is 2.34. The second-order valence-electron chi connectivity index (χ2n) is 10.5. The van der Waals surface area contributed by atoms with Gasteiger partial charge < -0.3 is 35.0 Å². The number of piperidine rings is 1. The van der Waals surface area contributed by atoms with E-state index in [1.165, 1.54) is 17.8 Å². The number of carboxylic acid groups (broad SMARTS) is 1. The average molecular weight is 631 g/mol. The number of fused-ring (bicyclic) bond motifs is 1. The fourth-order valence-corrected chi connectivity index (χ4v) is 5.62. The number of likely N-dealkylation sites (N-methyl/N-ethyl adjacent to an activating group) is 1. The molecule has 0 unspecified atom stereocenters. The fourth-order valence-electron chi connectivity index (χ4n) is 5.34. The molecule has 3 heterocycles. The molecule has 0 spiro atoms. The number of ether oxygens (including phenoxy) is 1. The highest BCUT2D eigenvalue weighted by molar-refractivity contribution is 6.36. The summed E-state index contributed by atoms with van der Waals surface area (Å²) < 4.78 is 6.68. The lowest BCUT2D eigenvalue weighted by atomic mass is 9.99. The highest BCUT2D eigenvalue weighted by Crippen LogP contribution is 2.37. The van der Waals surface area contributed by atoms with Gasteiger partial charge in [0.2, 0.25) is 5.95 Å². The maximum absolute atomic E-state index is 11.4. The van der Waals surface area contributed by atoms with Gasteiger partial charge in [0.05, 0.1) is 53.5 Å². The van der Waals surface area contributed by atoms with Gasteiger partial charge in [-0.05, 0) is 43.2 Å². The number of nitrogens with zero attached hydrogens (tertiary/aromatic N) is 9. The van der Waals surface area contributed by atoms with Crippen LogP contribution in [0.15, 0.2) is 42.6 Å². The molecular weight excluding hydrogens is 600 g/mol. The minimum Gasteiger partial charge on any atom is -0.497 e. The van der Waals surface area contributed by atoms with Crippen LogP contribution < -0.4 is 19.9 Å². The largest absolute Gasteiger partial charge is 0.497 e. The molecule has 0 radical (unpaired) electrons. The SMILES string of the molecule is CCN(Cc1ccc(OC)cc1)c1nc(Nc2cc(C#N)cc(N3CC[C@@H](N(C)C(=O)O)[C@@H](O)C3)c2Cl)nn2c(C#N)cnc12. The van der Waals surface area contributed by atoms with Crippen molar-refractivity contribution in [2.45, 2.75) is 32.0 Å². The Morgan fingerprint density at radius 3 is 2.62 bits per heavy atom. The zero-order valence-corrected chi connectivity index (χ0v) is 25.6. The van der Waals surface area contributed by atoms with Crippen LogP contribution in [0.2, 0.25) is 5.02 Å². The number of halogens is 1. The topological polar surface area (TPSA) is 179 Å². The van der Waals surface area contributed by atoms with E-state index in [1.54, 1.807) is 19.2 Å². The molecule has 1 amide bonds. The third-order valence-corrected chi connectivity index (χ3v) is 8.19. The summed E-state index contributed by atoms with van der Waals surface area (Å²) in [6.07, 6.45) is -0.302. The van der Waals surface area contributed by atoms with Crippen molar-refractivity contribution >= 4 is 46.5 Å². The first-order chi connectivity index (χ1) is 21.7. The Balaban J connectivity index is 1.50. The van der Waals surface area contributed by atoms with Gasteiger partial charge in [0, 0.05) is 33.2 Å². The maximum Gasteiger partial charge on any atom is 0.407 e. The summed E-state index contributed by atoms with van der Waals surface area (Å²) >= 11 is 6.89. The third kappa shape index (κ3) is 6.33. The van der Waals surface area contributed by atoms with Crippen LogP contribution in [-0.4, -0.2) is 86.7 Å². The molecule has 3 N–H and O–H groups in total. The van der Waals surface area contributed by atoms with E-state index in [0.29, 0.717) is 54.5 Å². The number of hydrogen-bond acceptors (Lipinski definition) is 11. The Hall–Kier alpha value is -5.31. The van der Waals surface area contributed by atoms with Crippen LogP contribution in [0.4, 0.5) is 27.9 Å². The molecule has 14 nitrogen and oxygen atoms in total. The Morgan fingerprint density at radius 1 is 1.24 bits per heavy atom. The lowest BCUT2D eigenvalue weighted by Gasteiger charge is -2.40. The van der Waals surface area contributed by atoms with Crippen LogP contribution in [0.3, 0.4) is 0 Å². The molecule has 1 aliphatic rings. The highest BCUT2D eigenvalue weighted by atomic mass is 35.5. The maximum atomic E-state index is 11.4. The van der Waals surface area contributed by atoms with Gasteiger partial charge >= 0.3 is 6.09 Å². The number of aliphatic hydroxyl groups excluding tert-OH is 1. The molecule has 4 aromatic rings. The normalized spacial score (nSPS) is 16.1. The number of hydrogen-bond donors (Lipinski definition) is 3. The molecule has 45 heavy (non-hydrogen) atoms. The number of amides is 1. The molecular formula is C30H31ClN10O4. The molecule has 2 atom stereocenters. The monoisotopic (exact) mass is 630 g/mol. The van der Waals surface area contributed by atoms with E-state index in [1.807, 2.05) is 41.0 Å². The number of β-amino-alcohol motifs (C(OH)–C–C–N with tert-alkyl or cyclic N) is 1. The number of aliphatic hydroxyl groups is 1. The molecule has 15 heteroatoms. The molecule has 1 saturated heterocycles. The fraction of sp³-hybridized carbons (Fsp3) is 0.333. The third-order valence-electron chi connectivity index (χ3n) is 7.79. The quantitative estimate of drug-likeness (QED) is 0.243. The zero-order valence-electron chi connectivity index (χ0n) is 24.8. The summed E-state index contributed by atoms with van der Waals surface area (Å²) in [7, 11) is 3.04. The number of benzene rings is 2. The Morgan fingerprint density at radius 2 is 2.00 bits per heavy atom. The summed E-state index contributed by atoms with van der Waals surface area (Å²) in [5.41, 5.74) is 2.74. The van der Waals surface area contributed by atoms with Gasteiger partial charge in [0.15, 0.2) is 17.2 Å². The molecule has 2 aromatic heterocycles. The minimum absolute atomic E-state index is 0.111. The number of nitrogens with one attached hydrogen (secondary N) is 1. The van der Waals surface area contributed by atoms with E-state index < -0.39 is 18.2 Å². The summed E-state index contributed by atoms with van der Waals surface area (Å²) in [6, 6.07) is 14.5. The van der Waals surface area contributed by atoms with Crippen molar-refractivity contribution in [3.63, 3.8) is 0 Å². The predicted molar refractivity (Wildman–Crippen MR) is 167 cm³/mol. The van der Waals surface area contributed by atoms with E-state index in [0.717, 1.165) is 16.2 Å². The van der Waals surface area contributed by atoms with Gasteiger partial charge in [-0.3, -0.25) is 0 Å². The smallest absolute Gasteiger partial charge is 0.407 e. The van der Waals surface area contributed by atoms with Crippen LogP contribution in [0.1, 0.15) is 30.2 Å². The van der Waals surface area contributed by atoms with Gasteiger partial charge in [-0.1, -0.05) is 23.7 Å². The second kappa shape index (κ2) is 13.1. The van der Waals surface area contributed by atoms with Gasteiger partial charge in [-0.25, -0.2) is 9.78 Å². The van der Waals surface area contributed by atoms with Crippen LogP contribution in [0.25, 0.3) is 5.65 Å². The van der Waals surface area contributed by atoms with Crippen LogP contribution in [-0.2, 0) is 6.54 Å². The second-order valence-corrected chi connectivity index (χ2v) is 10.8.